The molecule has 1 aromatic heterocycles. The van der Waals surface area contributed by atoms with E-state index in [0.717, 1.165) is 12.8 Å². The third-order valence-corrected chi connectivity index (χ3v) is 2.98. The normalized spacial score (nSPS) is 12.2. The molecule has 4 heteroatoms. The predicted molar refractivity (Wildman–Crippen MR) is 67.5 cm³/mol. The average Bonchev–Trinajstić information content (AvgIpc) is 2.38. The number of hydrogen-bond acceptors (Lipinski definition) is 4. The number of nitriles is 1. The van der Waals surface area contributed by atoms with Crippen LogP contribution in [0.1, 0.15) is 32.3 Å². The van der Waals surface area contributed by atoms with Gasteiger partial charge in [0.05, 0.1) is 11.7 Å². The zero-order valence-electron chi connectivity index (χ0n) is 10.3. The maximum atomic E-state index is 9.93. The fourth-order valence-electron chi connectivity index (χ4n) is 1.77. The van der Waals surface area contributed by atoms with Gasteiger partial charge in [-0.2, -0.15) is 5.26 Å². The molecular formula is C13H19N3O. The first-order valence-electron chi connectivity index (χ1n) is 5.99. The molecule has 0 aliphatic heterocycles. The van der Waals surface area contributed by atoms with Crippen LogP contribution in [0.4, 0.5) is 5.82 Å². The van der Waals surface area contributed by atoms with E-state index in [9.17, 15) is 5.11 Å². The van der Waals surface area contributed by atoms with Gasteiger partial charge in [-0.3, -0.25) is 0 Å². The number of nitrogens with one attached hydrogen (secondary N) is 1. The Hall–Kier alpha value is -1.60. The summed E-state index contributed by atoms with van der Waals surface area (Å²) in [5.41, 5.74) is 0.538. The van der Waals surface area contributed by atoms with Crippen LogP contribution in [-0.4, -0.2) is 22.7 Å². The minimum absolute atomic E-state index is 0.320. The van der Waals surface area contributed by atoms with Crippen molar-refractivity contribution in [3.63, 3.8) is 0 Å². The lowest BCUT2D eigenvalue weighted by atomic mass is 9.96. The number of pyridine rings is 1. The molecule has 0 fully saturated rings. The van der Waals surface area contributed by atoms with E-state index in [4.69, 9.17) is 5.26 Å². The molecule has 0 aromatic carbocycles. The van der Waals surface area contributed by atoms with Crippen molar-refractivity contribution in [2.24, 2.45) is 5.92 Å². The Kier molecular flexibility index (Phi) is 5.44. The quantitative estimate of drug-likeness (QED) is 0.790. The number of aliphatic hydroxyl groups excluding tert-OH is 1. The van der Waals surface area contributed by atoms with Gasteiger partial charge in [0.1, 0.15) is 11.9 Å². The summed E-state index contributed by atoms with van der Waals surface area (Å²) in [4.78, 5) is 4.09. The van der Waals surface area contributed by atoms with Crippen molar-refractivity contribution in [2.45, 2.75) is 32.8 Å². The first-order chi connectivity index (χ1) is 8.21. The Morgan fingerprint density at radius 2 is 2.12 bits per heavy atom. The van der Waals surface area contributed by atoms with Crippen molar-refractivity contribution in [3.05, 3.63) is 23.9 Å². The SMILES string of the molecule is CCC(CC)C(O)CNc1ccc(C#N)cn1. The predicted octanol–water partition coefficient (Wildman–Crippen LogP) is 2.16. The molecule has 0 radical (unpaired) electrons. The van der Waals surface area contributed by atoms with Gasteiger partial charge in [0.2, 0.25) is 0 Å². The van der Waals surface area contributed by atoms with Crippen LogP contribution in [0.5, 0.6) is 0 Å². The van der Waals surface area contributed by atoms with E-state index in [1.54, 1.807) is 12.1 Å². The first kappa shape index (κ1) is 13.5. The van der Waals surface area contributed by atoms with E-state index in [1.165, 1.54) is 6.20 Å². The van der Waals surface area contributed by atoms with Crippen molar-refractivity contribution in [1.82, 2.24) is 4.98 Å². The minimum atomic E-state index is -0.359. The van der Waals surface area contributed by atoms with E-state index in [1.807, 2.05) is 6.07 Å². The third-order valence-electron chi connectivity index (χ3n) is 2.98. The Morgan fingerprint density at radius 3 is 2.59 bits per heavy atom. The topological polar surface area (TPSA) is 68.9 Å². The van der Waals surface area contributed by atoms with Crippen molar-refractivity contribution in [3.8, 4) is 6.07 Å². The number of rotatable bonds is 6. The van der Waals surface area contributed by atoms with E-state index in [-0.39, 0.29) is 6.10 Å². The van der Waals surface area contributed by atoms with Crippen LogP contribution < -0.4 is 5.32 Å². The lowest BCUT2D eigenvalue weighted by Crippen LogP contribution is -2.27. The molecule has 1 unspecified atom stereocenters. The minimum Gasteiger partial charge on any atom is -0.391 e. The standard InChI is InChI=1S/C13H19N3O/c1-3-11(4-2)12(17)9-16-13-6-5-10(7-14)8-15-13/h5-6,8,11-12,17H,3-4,9H2,1-2H3,(H,15,16). The Morgan fingerprint density at radius 1 is 1.41 bits per heavy atom. The summed E-state index contributed by atoms with van der Waals surface area (Å²) in [5.74, 6) is 1.01. The summed E-state index contributed by atoms with van der Waals surface area (Å²) in [7, 11) is 0. The third kappa shape index (κ3) is 4.04. The van der Waals surface area contributed by atoms with Crippen molar-refractivity contribution in [2.75, 3.05) is 11.9 Å². The van der Waals surface area contributed by atoms with Crippen LogP contribution in [0.3, 0.4) is 0 Å². The first-order valence-corrected chi connectivity index (χ1v) is 5.99. The average molecular weight is 233 g/mol. The molecular weight excluding hydrogens is 214 g/mol. The molecule has 2 N–H and O–H groups in total. The highest BCUT2D eigenvalue weighted by molar-refractivity contribution is 5.38. The number of hydrogen-bond donors (Lipinski definition) is 2. The molecule has 92 valence electrons. The largest absolute Gasteiger partial charge is 0.391 e. The van der Waals surface area contributed by atoms with Gasteiger partial charge in [0.25, 0.3) is 0 Å². The Labute approximate surface area is 102 Å². The molecule has 0 saturated carbocycles. The molecule has 17 heavy (non-hydrogen) atoms. The van der Waals surface area contributed by atoms with Gasteiger partial charge < -0.3 is 10.4 Å². The second-order valence-electron chi connectivity index (χ2n) is 4.07. The molecule has 0 aliphatic rings. The van der Waals surface area contributed by atoms with Gasteiger partial charge in [-0.05, 0) is 18.1 Å². The molecule has 0 aliphatic carbocycles. The number of nitrogens with zero attached hydrogens (tertiary/aromatic N) is 2. The fourth-order valence-corrected chi connectivity index (χ4v) is 1.77. The second-order valence-corrected chi connectivity index (χ2v) is 4.07. The highest BCUT2D eigenvalue weighted by atomic mass is 16.3. The molecule has 1 heterocycles. The summed E-state index contributed by atoms with van der Waals surface area (Å²) in [6.45, 7) is 4.65. The molecule has 1 rings (SSSR count). The lowest BCUT2D eigenvalue weighted by Gasteiger charge is -2.20. The smallest absolute Gasteiger partial charge is 0.126 e. The van der Waals surface area contributed by atoms with Gasteiger partial charge in [-0.25, -0.2) is 4.98 Å². The highest BCUT2D eigenvalue weighted by Gasteiger charge is 2.14. The van der Waals surface area contributed by atoms with Crippen LogP contribution in [0.15, 0.2) is 18.3 Å². The van der Waals surface area contributed by atoms with E-state index < -0.39 is 0 Å². The number of aromatic nitrogens is 1. The van der Waals surface area contributed by atoms with Crippen LogP contribution in [0.25, 0.3) is 0 Å². The van der Waals surface area contributed by atoms with Crippen LogP contribution >= 0.6 is 0 Å². The maximum absolute atomic E-state index is 9.93. The zero-order valence-corrected chi connectivity index (χ0v) is 10.3. The summed E-state index contributed by atoms with van der Waals surface area (Å²) >= 11 is 0. The zero-order chi connectivity index (χ0) is 12.7. The Bertz CT molecular complexity index is 365. The van der Waals surface area contributed by atoms with Gasteiger partial charge >= 0.3 is 0 Å². The Balaban J connectivity index is 2.47. The van der Waals surface area contributed by atoms with Crippen molar-refractivity contribution >= 4 is 5.82 Å². The summed E-state index contributed by atoms with van der Waals surface area (Å²) < 4.78 is 0. The number of aliphatic hydroxyl groups is 1. The van der Waals surface area contributed by atoms with Gasteiger partial charge in [-0.15, -0.1) is 0 Å². The maximum Gasteiger partial charge on any atom is 0.126 e. The molecule has 1 aromatic rings. The molecule has 0 amide bonds. The summed E-state index contributed by atoms with van der Waals surface area (Å²) in [6, 6.07) is 5.47. The summed E-state index contributed by atoms with van der Waals surface area (Å²) in [5, 5.41) is 21.6. The molecule has 0 spiro atoms. The van der Waals surface area contributed by atoms with E-state index >= 15 is 0 Å². The van der Waals surface area contributed by atoms with Gasteiger partial charge in [0, 0.05) is 12.7 Å². The van der Waals surface area contributed by atoms with E-state index in [0.29, 0.717) is 23.8 Å². The number of anilines is 1. The van der Waals surface area contributed by atoms with E-state index in [2.05, 4.69) is 24.1 Å². The summed E-state index contributed by atoms with van der Waals surface area (Å²) in [6.07, 6.45) is 3.11. The van der Waals surface area contributed by atoms with Crippen molar-refractivity contribution in [1.29, 1.82) is 5.26 Å². The van der Waals surface area contributed by atoms with Crippen LogP contribution in [-0.2, 0) is 0 Å². The lowest BCUT2D eigenvalue weighted by molar-refractivity contribution is 0.114. The van der Waals surface area contributed by atoms with Crippen molar-refractivity contribution < 1.29 is 5.11 Å². The van der Waals surface area contributed by atoms with Gasteiger partial charge in [0.15, 0.2) is 0 Å². The van der Waals surface area contributed by atoms with Gasteiger partial charge in [-0.1, -0.05) is 26.7 Å². The fraction of sp³-hybridized carbons (Fsp3) is 0.538. The molecule has 4 nitrogen and oxygen atoms in total. The molecule has 0 saturated heterocycles. The monoisotopic (exact) mass is 233 g/mol. The highest BCUT2D eigenvalue weighted by Crippen LogP contribution is 2.13. The molecule has 0 bridgehead atoms. The van der Waals surface area contributed by atoms with Crippen LogP contribution in [0, 0.1) is 17.2 Å². The molecule has 1 atom stereocenters. The second kappa shape index (κ2) is 6.87. The van der Waals surface area contributed by atoms with Crippen LogP contribution in [0.2, 0.25) is 0 Å².